The SMILES string of the molecule is COC(=O)COc1ccc(S(=O)(=O)N2CCN([C@H](c3ccccc3)c3ccc(Cl)cc3)CC2)cc1. The van der Waals surface area contributed by atoms with E-state index in [1.54, 1.807) is 0 Å². The first-order valence-corrected chi connectivity index (χ1v) is 13.0. The fourth-order valence-corrected chi connectivity index (χ4v) is 5.70. The number of methoxy groups -OCH3 is 1. The second-order valence-electron chi connectivity index (χ2n) is 8.14. The van der Waals surface area contributed by atoms with Crippen molar-refractivity contribution in [3.63, 3.8) is 0 Å². The Morgan fingerprint density at radius 2 is 1.49 bits per heavy atom. The van der Waals surface area contributed by atoms with Gasteiger partial charge in [-0.05, 0) is 47.5 Å². The maximum absolute atomic E-state index is 13.2. The van der Waals surface area contributed by atoms with E-state index in [0.717, 1.165) is 11.1 Å². The highest BCUT2D eigenvalue weighted by Gasteiger charge is 2.32. The highest BCUT2D eigenvalue weighted by atomic mass is 35.5. The molecule has 4 rings (SSSR count). The van der Waals surface area contributed by atoms with Crippen LogP contribution in [0.2, 0.25) is 5.02 Å². The maximum atomic E-state index is 13.2. The molecule has 7 nitrogen and oxygen atoms in total. The third-order valence-corrected chi connectivity index (χ3v) is 8.15. The van der Waals surface area contributed by atoms with Crippen molar-refractivity contribution in [1.82, 2.24) is 9.21 Å². The number of carbonyl (C=O) groups excluding carboxylic acids is 1. The smallest absolute Gasteiger partial charge is 0.343 e. The van der Waals surface area contributed by atoms with Crippen LogP contribution < -0.4 is 4.74 Å². The Kier molecular flexibility index (Phi) is 8.07. The van der Waals surface area contributed by atoms with E-state index in [9.17, 15) is 13.2 Å². The van der Waals surface area contributed by atoms with E-state index in [2.05, 4.69) is 21.8 Å². The van der Waals surface area contributed by atoms with Crippen LogP contribution in [-0.4, -0.2) is 63.5 Å². The van der Waals surface area contributed by atoms with Crippen molar-refractivity contribution in [2.24, 2.45) is 0 Å². The standard InChI is InChI=1S/C26H27ClN2O5S/c1-33-25(30)19-34-23-11-13-24(14-12-23)35(31,32)29-17-15-28(16-18-29)26(20-5-3-2-4-6-20)21-7-9-22(27)10-8-21/h2-14,26H,15-19H2,1H3/t26-/m1/s1. The van der Waals surface area contributed by atoms with Gasteiger partial charge >= 0.3 is 5.97 Å². The van der Waals surface area contributed by atoms with Gasteiger partial charge in [0.1, 0.15) is 5.75 Å². The van der Waals surface area contributed by atoms with E-state index in [4.69, 9.17) is 16.3 Å². The molecule has 1 aliphatic heterocycles. The predicted molar refractivity (Wildman–Crippen MR) is 134 cm³/mol. The van der Waals surface area contributed by atoms with Crippen molar-refractivity contribution < 1.29 is 22.7 Å². The first-order chi connectivity index (χ1) is 16.9. The summed E-state index contributed by atoms with van der Waals surface area (Å²) in [5.74, 6) is -0.111. The monoisotopic (exact) mass is 514 g/mol. The average Bonchev–Trinajstić information content (AvgIpc) is 2.90. The van der Waals surface area contributed by atoms with Crippen LogP contribution in [0.25, 0.3) is 0 Å². The van der Waals surface area contributed by atoms with E-state index in [0.29, 0.717) is 37.0 Å². The molecule has 0 aliphatic carbocycles. The molecule has 0 N–H and O–H groups in total. The molecule has 3 aromatic carbocycles. The van der Waals surface area contributed by atoms with Crippen LogP contribution in [-0.2, 0) is 19.6 Å². The summed E-state index contributed by atoms with van der Waals surface area (Å²) in [5.41, 5.74) is 2.26. The molecule has 1 saturated heterocycles. The molecule has 0 bridgehead atoms. The van der Waals surface area contributed by atoms with Gasteiger partial charge in [-0.1, -0.05) is 54.1 Å². The van der Waals surface area contributed by atoms with Crippen molar-refractivity contribution in [1.29, 1.82) is 0 Å². The Hall–Kier alpha value is -2.91. The zero-order valence-electron chi connectivity index (χ0n) is 19.3. The number of nitrogens with zero attached hydrogens (tertiary/aromatic N) is 2. The molecule has 0 saturated carbocycles. The van der Waals surface area contributed by atoms with E-state index in [1.807, 2.05) is 42.5 Å². The second-order valence-corrected chi connectivity index (χ2v) is 10.5. The largest absolute Gasteiger partial charge is 0.482 e. The molecule has 184 valence electrons. The van der Waals surface area contributed by atoms with Gasteiger partial charge in [0.25, 0.3) is 0 Å². The molecular weight excluding hydrogens is 488 g/mol. The van der Waals surface area contributed by atoms with E-state index in [1.165, 1.54) is 35.7 Å². The van der Waals surface area contributed by atoms with Crippen molar-refractivity contribution in [3.05, 3.63) is 95.0 Å². The van der Waals surface area contributed by atoms with Gasteiger partial charge in [0.05, 0.1) is 18.0 Å². The summed E-state index contributed by atoms with van der Waals surface area (Å²) in [5, 5.41) is 0.679. The Balaban J connectivity index is 1.46. The van der Waals surface area contributed by atoms with Gasteiger partial charge in [-0.2, -0.15) is 4.31 Å². The lowest BCUT2D eigenvalue weighted by atomic mass is 9.96. The van der Waals surface area contributed by atoms with Crippen LogP contribution in [0.3, 0.4) is 0 Å². The summed E-state index contributed by atoms with van der Waals surface area (Å²) >= 11 is 6.11. The van der Waals surface area contributed by atoms with Crippen molar-refractivity contribution in [2.45, 2.75) is 10.9 Å². The van der Waals surface area contributed by atoms with Gasteiger partial charge in [0.15, 0.2) is 6.61 Å². The number of piperazine rings is 1. The Bertz CT molecular complexity index is 1230. The number of benzene rings is 3. The zero-order valence-corrected chi connectivity index (χ0v) is 20.9. The molecule has 9 heteroatoms. The van der Waals surface area contributed by atoms with E-state index in [-0.39, 0.29) is 17.5 Å². The first kappa shape index (κ1) is 25.2. The Labute approximate surface area is 210 Å². The zero-order chi connectivity index (χ0) is 24.8. The molecule has 1 atom stereocenters. The van der Waals surface area contributed by atoms with Gasteiger partial charge in [-0.3, -0.25) is 4.90 Å². The fourth-order valence-electron chi connectivity index (χ4n) is 4.15. The van der Waals surface area contributed by atoms with Gasteiger partial charge in [-0.15, -0.1) is 0 Å². The molecule has 1 aliphatic rings. The molecule has 0 radical (unpaired) electrons. The number of carbonyl (C=O) groups is 1. The molecule has 0 aromatic heterocycles. The van der Waals surface area contributed by atoms with Gasteiger partial charge in [0, 0.05) is 31.2 Å². The average molecular weight is 515 g/mol. The topological polar surface area (TPSA) is 76.1 Å². The molecule has 0 spiro atoms. The highest BCUT2D eigenvalue weighted by molar-refractivity contribution is 7.89. The molecule has 1 heterocycles. The summed E-state index contributed by atoms with van der Waals surface area (Å²) in [7, 11) is -2.38. The lowest BCUT2D eigenvalue weighted by Crippen LogP contribution is -2.49. The third kappa shape index (κ3) is 6.02. The number of hydrogen-bond donors (Lipinski definition) is 0. The lowest BCUT2D eigenvalue weighted by Gasteiger charge is -2.39. The summed E-state index contributed by atoms with van der Waals surface area (Å²) in [4.78, 5) is 13.7. The number of ether oxygens (including phenoxy) is 2. The molecule has 3 aromatic rings. The van der Waals surface area contributed by atoms with Gasteiger partial charge in [-0.25, -0.2) is 13.2 Å². The number of esters is 1. The summed E-state index contributed by atoms with van der Waals surface area (Å²) < 4.78 is 37.8. The van der Waals surface area contributed by atoms with Crippen LogP contribution in [0.1, 0.15) is 17.2 Å². The van der Waals surface area contributed by atoms with Crippen LogP contribution in [0.5, 0.6) is 5.75 Å². The quantitative estimate of drug-likeness (QED) is 0.423. The minimum Gasteiger partial charge on any atom is -0.482 e. The Morgan fingerprint density at radius 1 is 0.886 bits per heavy atom. The van der Waals surface area contributed by atoms with Crippen LogP contribution >= 0.6 is 11.6 Å². The second kappa shape index (κ2) is 11.2. The van der Waals surface area contributed by atoms with Crippen LogP contribution in [0.4, 0.5) is 0 Å². The molecule has 35 heavy (non-hydrogen) atoms. The number of hydrogen-bond acceptors (Lipinski definition) is 6. The van der Waals surface area contributed by atoms with Crippen LogP contribution in [0.15, 0.2) is 83.8 Å². The van der Waals surface area contributed by atoms with Gasteiger partial charge < -0.3 is 9.47 Å². The lowest BCUT2D eigenvalue weighted by molar-refractivity contribution is -0.142. The Morgan fingerprint density at radius 3 is 2.09 bits per heavy atom. The highest BCUT2D eigenvalue weighted by Crippen LogP contribution is 2.31. The van der Waals surface area contributed by atoms with Crippen LogP contribution in [0, 0.1) is 0 Å². The third-order valence-electron chi connectivity index (χ3n) is 5.99. The molecule has 0 amide bonds. The number of halogens is 1. The first-order valence-electron chi connectivity index (χ1n) is 11.2. The summed E-state index contributed by atoms with van der Waals surface area (Å²) in [6.07, 6.45) is 0. The molecule has 1 fully saturated rings. The molecular formula is C26H27ClN2O5S. The number of rotatable bonds is 8. The molecule has 0 unspecified atom stereocenters. The van der Waals surface area contributed by atoms with Crippen molar-refractivity contribution >= 4 is 27.6 Å². The van der Waals surface area contributed by atoms with Crippen molar-refractivity contribution in [3.8, 4) is 5.75 Å². The summed E-state index contributed by atoms with van der Waals surface area (Å²) in [6.45, 7) is 1.68. The fraction of sp³-hybridized carbons (Fsp3) is 0.269. The van der Waals surface area contributed by atoms with Gasteiger partial charge in [0.2, 0.25) is 10.0 Å². The van der Waals surface area contributed by atoms with Crippen molar-refractivity contribution in [2.75, 3.05) is 39.9 Å². The predicted octanol–water partition coefficient (Wildman–Crippen LogP) is 3.99. The van der Waals surface area contributed by atoms with E-state index < -0.39 is 16.0 Å². The van der Waals surface area contributed by atoms with E-state index >= 15 is 0 Å². The minimum absolute atomic E-state index is 0.00423. The summed E-state index contributed by atoms with van der Waals surface area (Å²) in [6, 6.07) is 24.1. The maximum Gasteiger partial charge on any atom is 0.343 e. The number of sulfonamides is 1. The minimum atomic E-state index is -3.66. The normalized spacial score (nSPS) is 15.9.